The van der Waals surface area contributed by atoms with Crippen molar-refractivity contribution in [1.29, 1.82) is 0 Å². The summed E-state index contributed by atoms with van der Waals surface area (Å²) in [5.41, 5.74) is 3.78. The van der Waals surface area contributed by atoms with Crippen molar-refractivity contribution >= 4 is 11.8 Å². The number of rotatable bonds is 0. The predicted octanol–water partition coefficient (Wildman–Crippen LogP) is -0.472. The Hall–Kier alpha value is -0.940. The molecule has 15 heavy (non-hydrogen) atoms. The highest BCUT2D eigenvalue weighted by Gasteiger charge is 2.41. The number of imide groups is 1. The smallest absolute Gasteiger partial charge is 0.258 e. The van der Waals surface area contributed by atoms with Crippen LogP contribution < -0.4 is 11.1 Å². The van der Waals surface area contributed by atoms with Crippen LogP contribution in [0.25, 0.3) is 0 Å². The third-order valence-corrected chi connectivity index (χ3v) is 2.66. The maximum Gasteiger partial charge on any atom is 0.258 e. The molecule has 1 saturated heterocycles. The summed E-state index contributed by atoms with van der Waals surface area (Å²) in [4.78, 5) is 22.9. The van der Waals surface area contributed by atoms with Gasteiger partial charge >= 0.3 is 0 Å². The molecular formula is C10H18N2O3. The van der Waals surface area contributed by atoms with Crippen LogP contribution in [0.4, 0.5) is 0 Å². The number of nitrogens with one attached hydrogen (secondary N) is 1. The van der Waals surface area contributed by atoms with Crippen LogP contribution >= 0.6 is 0 Å². The fourth-order valence-corrected chi connectivity index (χ4v) is 2.11. The fraction of sp³-hybridized carbons (Fsp3) is 0.800. The Kier molecular flexibility index (Phi) is 2.89. The predicted molar refractivity (Wildman–Crippen MR) is 54.8 cm³/mol. The molecule has 1 aliphatic heterocycles. The summed E-state index contributed by atoms with van der Waals surface area (Å²) in [6.45, 7) is 5.18. The molecule has 0 aromatic rings. The minimum Gasteiger partial charge on any atom is -0.380 e. The first-order chi connectivity index (χ1) is 6.64. The number of hydrogen-bond acceptors (Lipinski definition) is 4. The van der Waals surface area contributed by atoms with E-state index in [0.717, 1.165) is 0 Å². The van der Waals surface area contributed by atoms with Gasteiger partial charge in [0.05, 0.1) is 6.04 Å². The number of carbonyl (C=O) groups excluding carboxylic acids is 2. The molecule has 5 nitrogen and oxygen atoms in total. The lowest BCUT2D eigenvalue weighted by atomic mass is 9.75. The molecule has 2 amide bonds. The highest BCUT2D eigenvalue weighted by atomic mass is 16.3. The molecule has 4 N–H and O–H groups in total. The average molecular weight is 214 g/mol. The Balaban J connectivity index is 2.97. The van der Waals surface area contributed by atoms with Gasteiger partial charge in [-0.05, 0) is 25.2 Å². The Labute approximate surface area is 89.0 Å². The Morgan fingerprint density at radius 3 is 2.47 bits per heavy atom. The van der Waals surface area contributed by atoms with Crippen LogP contribution in [0.15, 0.2) is 0 Å². The monoisotopic (exact) mass is 214 g/mol. The van der Waals surface area contributed by atoms with Crippen molar-refractivity contribution in [2.75, 3.05) is 0 Å². The van der Waals surface area contributed by atoms with Gasteiger partial charge in [-0.2, -0.15) is 0 Å². The van der Waals surface area contributed by atoms with Gasteiger partial charge < -0.3 is 10.8 Å². The van der Waals surface area contributed by atoms with Crippen LogP contribution in [0.2, 0.25) is 0 Å². The molecular weight excluding hydrogens is 196 g/mol. The van der Waals surface area contributed by atoms with Gasteiger partial charge in [0.1, 0.15) is 5.60 Å². The van der Waals surface area contributed by atoms with Crippen LogP contribution in [0, 0.1) is 5.41 Å². The van der Waals surface area contributed by atoms with Crippen LogP contribution in [0.5, 0.6) is 0 Å². The normalized spacial score (nSPS) is 36.7. The quantitative estimate of drug-likeness (QED) is 0.475. The summed E-state index contributed by atoms with van der Waals surface area (Å²) in [5, 5.41) is 12.0. The lowest BCUT2D eigenvalue weighted by molar-refractivity contribution is -0.148. The molecule has 1 fully saturated rings. The molecule has 0 radical (unpaired) electrons. The average Bonchev–Trinajstić information content (AvgIpc) is 1.99. The maximum atomic E-state index is 11.5. The Morgan fingerprint density at radius 2 is 1.93 bits per heavy atom. The molecule has 2 unspecified atom stereocenters. The summed E-state index contributed by atoms with van der Waals surface area (Å²) >= 11 is 0. The molecule has 0 aromatic heterocycles. The van der Waals surface area contributed by atoms with Gasteiger partial charge in [-0.3, -0.25) is 14.9 Å². The van der Waals surface area contributed by atoms with E-state index in [9.17, 15) is 14.7 Å². The van der Waals surface area contributed by atoms with Crippen LogP contribution in [-0.4, -0.2) is 28.6 Å². The van der Waals surface area contributed by atoms with Crippen molar-refractivity contribution in [2.45, 2.75) is 45.3 Å². The van der Waals surface area contributed by atoms with E-state index in [-0.39, 0.29) is 11.8 Å². The van der Waals surface area contributed by atoms with Crippen molar-refractivity contribution in [3.8, 4) is 0 Å². The zero-order valence-corrected chi connectivity index (χ0v) is 9.33. The Morgan fingerprint density at radius 1 is 1.40 bits per heavy atom. The Bertz CT molecular complexity index is 297. The van der Waals surface area contributed by atoms with Crippen molar-refractivity contribution in [1.82, 2.24) is 5.32 Å². The summed E-state index contributed by atoms with van der Waals surface area (Å²) in [6.07, 6.45) is 0.731. The summed E-state index contributed by atoms with van der Waals surface area (Å²) in [5.74, 6) is -1.19. The van der Waals surface area contributed by atoms with E-state index in [1.807, 2.05) is 13.8 Å². The minimum absolute atomic E-state index is 0.285. The van der Waals surface area contributed by atoms with E-state index in [1.165, 1.54) is 6.92 Å². The second-order valence-electron chi connectivity index (χ2n) is 5.24. The van der Waals surface area contributed by atoms with Gasteiger partial charge in [0, 0.05) is 0 Å². The van der Waals surface area contributed by atoms with Gasteiger partial charge in [0.15, 0.2) is 0 Å². The topological polar surface area (TPSA) is 92.4 Å². The first-order valence-electron chi connectivity index (χ1n) is 4.97. The van der Waals surface area contributed by atoms with E-state index in [2.05, 4.69) is 5.32 Å². The van der Waals surface area contributed by atoms with Gasteiger partial charge in [0.2, 0.25) is 5.91 Å². The van der Waals surface area contributed by atoms with E-state index in [4.69, 9.17) is 5.73 Å². The molecule has 0 saturated carbocycles. The maximum absolute atomic E-state index is 11.5. The molecule has 1 aliphatic rings. The highest BCUT2D eigenvalue weighted by molar-refractivity contribution is 6.01. The highest BCUT2D eigenvalue weighted by Crippen LogP contribution is 2.33. The van der Waals surface area contributed by atoms with Crippen LogP contribution in [-0.2, 0) is 9.59 Å². The SMILES string of the molecule is CC1(C)CC(N)C(=O)NC(=O)C(C)(O)C1. The van der Waals surface area contributed by atoms with Gasteiger partial charge in [0.25, 0.3) is 5.91 Å². The largest absolute Gasteiger partial charge is 0.380 e. The number of hydrogen-bond donors (Lipinski definition) is 3. The summed E-state index contributed by atoms with van der Waals surface area (Å²) in [7, 11) is 0. The second kappa shape index (κ2) is 3.57. The molecule has 86 valence electrons. The van der Waals surface area contributed by atoms with E-state index < -0.39 is 23.5 Å². The van der Waals surface area contributed by atoms with E-state index >= 15 is 0 Å². The second-order valence-corrected chi connectivity index (χ2v) is 5.24. The first-order valence-corrected chi connectivity index (χ1v) is 4.97. The zero-order chi connectivity index (χ0) is 11.9. The van der Waals surface area contributed by atoms with Crippen molar-refractivity contribution in [2.24, 2.45) is 11.1 Å². The molecule has 0 bridgehead atoms. The standard InChI is InChI=1S/C10H18N2O3/c1-9(2)4-6(11)7(13)12-8(14)10(3,15)5-9/h6,15H,4-5,11H2,1-3H3,(H,12,13,14). The first kappa shape index (κ1) is 12.1. The number of carbonyl (C=O) groups is 2. The summed E-state index contributed by atoms with van der Waals surface area (Å²) < 4.78 is 0. The molecule has 0 aromatic carbocycles. The van der Waals surface area contributed by atoms with Gasteiger partial charge in [-0.1, -0.05) is 13.8 Å². The third-order valence-electron chi connectivity index (χ3n) is 2.66. The molecule has 1 heterocycles. The van der Waals surface area contributed by atoms with Crippen molar-refractivity contribution in [3.05, 3.63) is 0 Å². The van der Waals surface area contributed by atoms with Gasteiger partial charge in [-0.25, -0.2) is 0 Å². The lowest BCUT2D eigenvalue weighted by Crippen LogP contribution is -2.56. The minimum atomic E-state index is -1.51. The molecule has 1 rings (SSSR count). The molecule has 0 spiro atoms. The van der Waals surface area contributed by atoms with Gasteiger partial charge in [-0.15, -0.1) is 0 Å². The molecule has 5 heteroatoms. The van der Waals surface area contributed by atoms with Crippen molar-refractivity contribution in [3.63, 3.8) is 0 Å². The van der Waals surface area contributed by atoms with E-state index in [1.54, 1.807) is 0 Å². The van der Waals surface area contributed by atoms with Crippen molar-refractivity contribution < 1.29 is 14.7 Å². The molecule has 2 atom stereocenters. The summed E-state index contributed by atoms with van der Waals surface area (Å²) in [6, 6.07) is -0.694. The fourth-order valence-electron chi connectivity index (χ4n) is 2.11. The van der Waals surface area contributed by atoms with E-state index in [0.29, 0.717) is 6.42 Å². The number of amides is 2. The van der Waals surface area contributed by atoms with Crippen LogP contribution in [0.3, 0.4) is 0 Å². The van der Waals surface area contributed by atoms with Crippen LogP contribution in [0.1, 0.15) is 33.6 Å². The number of nitrogens with two attached hydrogens (primary N) is 1. The lowest BCUT2D eigenvalue weighted by Gasteiger charge is -2.36. The molecule has 0 aliphatic carbocycles. The zero-order valence-electron chi connectivity index (χ0n) is 9.33. The third kappa shape index (κ3) is 2.76. The number of aliphatic hydroxyl groups is 1.